The Labute approximate surface area is 141 Å². The lowest BCUT2D eigenvalue weighted by Crippen LogP contribution is -2.45. The highest BCUT2D eigenvalue weighted by atomic mass is 16.5. The molecular weight excluding hydrogens is 306 g/mol. The number of piperidine rings is 1. The lowest BCUT2D eigenvalue weighted by atomic mass is 10.0. The number of rotatable bonds is 6. The highest BCUT2D eigenvalue weighted by molar-refractivity contribution is 5.20. The van der Waals surface area contributed by atoms with Crippen LogP contribution in [0.3, 0.4) is 0 Å². The van der Waals surface area contributed by atoms with Crippen molar-refractivity contribution in [3.8, 4) is 0 Å². The molecule has 1 aliphatic carbocycles. The van der Waals surface area contributed by atoms with Gasteiger partial charge in [0.1, 0.15) is 5.76 Å². The fourth-order valence-electron chi connectivity index (χ4n) is 3.39. The van der Waals surface area contributed by atoms with E-state index in [1.54, 1.807) is 0 Å². The quantitative estimate of drug-likeness (QED) is 0.870. The third-order valence-electron chi connectivity index (χ3n) is 5.03. The first kappa shape index (κ1) is 15.8. The molecule has 0 spiro atoms. The molecule has 4 rings (SSSR count). The van der Waals surface area contributed by atoms with Gasteiger partial charge in [-0.1, -0.05) is 10.3 Å². The Morgan fingerprint density at radius 3 is 2.79 bits per heavy atom. The van der Waals surface area contributed by atoms with Crippen molar-refractivity contribution < 1.29 is 9.05 Å². The van der Waals surface area contributed by atoms with E-state index in [-0.39, 0.29) is 0 Å². The largest absolute Gasteiger partial charge is 0.361 e. The second-order valence-electron chi connectivity index (χ2n) is 7.08. The number of aryl methyl sites for hydroxylation is 2. The lowest BCUT2D eigenvalue weighted by molar-refractivity contribution is 0.177. The third kappa shape index (κ3) is 3.52. The third-order valence-corrected chi connectivity index (χ3v) is 5.03. The summed E-state index contributed by atoms with van der Waals surface area (Å²) in [6.07, 6.45) is 4.77. The number of nitrogens with zero attached hydrogens (tertiary/aromatic N) is 4. The molecule has 0 unspecified atom stereocenters. The Morgan fingerprint density at radius 2 is 2.04 bits per heavy atom. The molecule has 7 nitrogen and oxygen atoms in total. The summed E-state index contributed by atoms with van der Waals surface area (Å²) >= 11 is 0. The molecule has 3 heterocycles. The fourth-order valence-corrected chi connectivity index (χ4v) is 3.39. The molecule has 1 saturated carbocycles. The summed E-state index contributed by atoms with van der Waals surface area (Å²) in [6, 6.07) is 0.474. The minimum atomic E-state index is 0.474. The molecule has 0 radical (unpaired) electrons. The van der Waals surface area contributed by atoms with Crippen LogP contribution in [0.25, 0.3) is 0 Å². The van der Waals surface area contributed by atoms with Gasteiger partial charge in [-0.2, -0.15) is 4.98 Å². The van der Waals surface area contributed by atoms with Gasteiger partial charge < -0.3 is 14.4 Å². The average Bonchev–Trinajstić information content (AvgIpc) is 3.25. The van der Waals surface area contributed by atoms with E-state index < -0.39 is 0 Å². The van der Waals surface area contributed by atoms with Crippen LogP contribution in [0.5, 0.6) is 0 Å². The van der Waals surface area contributed by atoms with Gasteiger partial charge in [0.2, 0.25) is 5.89 Å². The Bertz CT molecular complexity index is 671. The van der Waals surface area contributed by atoms with Gasteiger partial charge >= 0.3 is 0 Å². The summed E-state index contributed by atoms with van der Waals surface area (Å²) in [5.41, 5.74) is 2.16. The predicted molar refractivity (Wildman–Crippen MR) is 87.4 cm³/mol. The SMILES string of the molecule is Cc1noc(C)c1CN[C@@H]1CCCN(Cc2noc(C3CC3)n2)C1. The zero-order valence-corrected chi connectivity index (χ0v) is 14.4. The lowest BCUT2D eigenvalue weighted by Gasteiger charge is -2.32. The summed E-state index contributed by atoms with van der Waals surface area (Å²) in [6.45, 7) is 7.66. The molecule has 2 aromatic heterocycles. The highest BCUT2D eigenvalue weighted by Gasteiger charge is 2.30. The van der Waals surface area contributed by atoms with Crippen LogP contribution in [0.2, 0.25) is 0 Å². The van der Waals surface area contributed by atoms with Gasteiger partial charge in [0.15, 0.2) is 5.82 Å². The number of likely N-dealkylation sites (tertiary alicyclic amines) is 1. The van der Waals surface area contributed by atoms with Crippen molar-refractivity contribution in [1.29, 1.82) is 0 Å². The first-order valence-electron chi connectivity index (χ1n) is 8.89. The highest BCUT2D eigenvalue weighted by Crippen LogP contribution is 2.38. The van der Waals surface area contributed by atoms with Gasteiger partial charge in [-0.25, -0.2) is 0 Å². The smallest absolute Gasteiger partial charge is 0.229 e. The van der Waals surface area contributed by atoms with Gasteiger partial charge in [-0.05, 0) is 46.1 Å². The molecule has 2 aliphatic rings. The minimum absolute atomic E-state index is 0.474. The van der Waals surface area contributed by atoms with Crippen LogP contribution >= 0.6 is 0 Å². The van der Waals surface area contributed by atoms with Crippen molar-refractivity contribution in [3.63, 3.8) is 0 Å². The van der Waals surface area contributed by atoms with E-state index in [4.69, 9.17) is 9.05 Å². The van der Waals surface area contributed by atoms with Gasteiger partial charge in [0.05, 0.1) is 12.2 Å². The molecule has 0 aromatic carbocycles. The van der Waals surface area contributed by atoms with Crippen LogP contribution in [0.1, 0.15) is 60.3 Å². The second kappa shape index (κ2) is 6.64. The van der Waals surface area contributed by atoms with Crippen LogP contribution in [0.4, 0.5) is 0 Å². The first-order chi connectivity index (χ1) is 11.7. The van der Waals surface area contributed by atoms with E-state index in [0.717, 1.165) is 49.3 Å². The van der Waals surface area contributed by atoms with Crippen molar-refractivity contribution in [3.05, 3.63) is 28.7 Å². The normalized spacial score (nSPS) is 22.2. The average molecular weight is 331 g/mol. The Kier molecular flexibility index (Phi) is 4.37. The Hall–Kier alpha value is -1.73. The molecule has 2 aromatic rings. The Morgan fingerprint density at radius 1 is 1.17 bits per heavy atom. The van der Waals surface area contributed by atoms with Gasteiger partial charge in [0, 0.05) is 30.6 Å². The van der Waals surface area contributed by atoms with Crippen LogP contribution in [0, 0.1) is 13.8 Å². The summed E-state index contributed by atoms with van der Waals surface area (Å²) in [4.78, 5) is 6.95. The zero-order valence-electron chi connectivity index (χ0n) is 14.4. The van der Waals surface area contributed by atoms with Crippen LogP contribution in [-0.4, -0.2) is 39.3 Å². The van der Waals surface area contributed by atoms with Crippen molar-refractivity contribution in [1.82, 2.24) is 25.5 Å². The van der Waals surface area contributed by atoms with Gasteiger partial charge in [-0.15, -0.1) is 0 Å². The van der Waals surface area contributed by atoms with Crippen molar-refractivity contribution in [2.24, 2.45) is 0 Å². The van der Waals surface area contributed by atoms with Crippen LogP contribution in [0.15, 0.2) is 9.05 Å². The molecule has 24 heavy (non-hydrogen) atoms. The summed E-state index contributed by atoms with van der Waals surface area (Å²) in [5, 5.41) is 11.8. The standard InChI is InChI=1S/C17H25N5O2/c1-11-15(12(2)23-20-11)8-18-14-4-3-7-22(9-14)10-16-19-17(24-21-16)13-5-6-13/h13-14,18H,3-10H2,1-2H3/t14-/m1/s1. The van der Waals surface area contributed by atoms with Gasteiger partial charge in [0.25, 0.3) is 0 Å². The number of hydrogen-bond acceptors (Lipinski definition) is 7. The van der Waals surface area contributed by atoms with Crippen molar-refractivity contribution in [2.75, 3.05) is 13.1 Å². The maximum Gasteiger partial charge on any atom is 0.229 e. The Balaban J connectivity index is 1.30. The topological polar surface area (TPSA) is 80.2 Å². The molecule has 1 atom stereocenters. The van der Waals surface area contributed by atoms with E-state index in [0.29, 0.717) is 12.0 Å². The van der Waals surface area contributed by atoms with E-state index in [2.05, 4.69) is 25.5 Å². The van der Waals surface area contributed by atoms with Crippen LogP contribution in [-0.2, 0) is 13.1 Å². The molecule has 130 valence electrons. The number of aromatic nitrogens is 3. The number of hydrogen-bond donors (Lipinski definition) is 1. The molecular formula is C17H25N5O2. The molecule has 1 N–H and O–H groups in total. The van der Waals surface area contributed by atoms with E-state index in [9.17, 15) is 0 Å². The summed E-state index contributed by atoms with van der Waals surface area (Å²) < 4.78 is 10.6. The van der Waals surface area contributed by atoms with Crippen molar-refractivity contribution in [2.45, 2.75) is 64.6 Å². The molecule has 0 amide bonds. The maximum absolute atomic E-state index is 5.36. The molecule has 0 bridgehead atoms. The molecule has 1 saturated heterocycles. The molecule has 1 aliphatic heterocycles. The zero-order chi connectivity index (χ0) is 16.5. The van der Waals surface area contributed by atoms with E-state index in [1.807, 2.05) is 13.8 Å². The van der Waals surface area contributed by atoms with E-state index in [1.165, 1.54) is 31.2 Å². The monoisotopic (exact) mass is 331 g/mol. The molecule has 7 heteroatoms. The summed E-state index contributed by atoms with van der Waals surface area (Å²) in [7, 11) is 0. The first-order valence-corrected chi connectivity index (χ1v) is 8.89. The fraction of sp³-hybridized carbons (Fsp3) is 0.706. The number of nitrogens with one attached hydrogen (secondary N) is 1. The molecule has 2 fully saturated rings. The van der Waals surface area contributed by atoms with E-state index >= 15 is 0 Å². The predicted octanol–water partition coefficient (Wildman–Crippen LogP) is 2.31. The summed E-state index contributed by atoms with van der Waals surface area (Å²) in [5.74, 6) is 3.09. The maximum atomic E-state index is 5.36. The van der Waals surface area contributed by atoms with Crippen molar-refractivity contribution >= 4 is 0 Å². The second-order valence-corrected chi connectivity index (χ2v) is 7.08. The van der Waals surface area contributed by atoms with Crippen LogP contribution < -0.4 is 5.32 Å². The minimum Gasteiger partial charge on any atom is -0.361 e. The van der Waals surface area contributed by atoms with Gasteiger partial charge in [-0.3, -0.25) is 4.90 Å².